The number of aromatic nitrogens is 2. The number of hydrogen-bond acceptors (Lipinski definition) is 8. The van der Waals surface area contributed by atoms with Crippen LogP contribution in [0.15, 0.2) is 29.5 Å². The number of fused-ring (bicyclic) bond motifs is 3. The molecule has 1 fully saturated rings. The summed E-state index contributed by atoms with van der Waals surface area (Å²) in [5.41, 5.74) is 0.276. The number of hydrogen-bond donors (Lipinski definition) is 1. The Labute approximate surface area is 172 Å². The average Bonchev–Trinajstić information content (AvgIpc) is 3.27. The fourth-order valence-corrected chi connectivity index (χ4v) is 4.60. The third-order valence-electron chi connectivity index (χ3n) is 6.16. The van der Waals surface area contributed by atoms with Gasteiger partial charge in [0.15, 0.2) is 5.78 Å². The van der Waals surface area contributed by atoms with Gasteiger partial charge in [-0.1, -0.05) is 6.08 Å². The minimum atomic E-state index is -0.947. The Kier molecular flexibility index (Phi) is 3.99. The SMILES string of the molecule is CNc1ncc2c(n1)N1CCCC1CN([C@H]1C=CC3=C(C1=O)C(=O)N(C)C3=O)C2=O. The Morgan fingerprint density at radius 2 is 1.90 bits per heavy atom. The summed E-state index contributed by atoms with van der Waals surface area (Å²) in [7, 11) is 3.06. The molecule has 0 aromatic carbocycles. The van der Waals surface area contributed by atoms with Crippen LogP contribution in [-0.4, -0.2) is 82.5 Å². The second kappa shape index (κ2) is 6.48. The van der Waals surface area contributed by atoms with Crippen molar-refractivity contribution in [1.29, 1.82) is 0 Å². The number of nitrogens with zero attached hydrogens (tertiary/aromatic N) is 5. The summed E-state index contributed by atoms with van der Waals surface area (Å²) < 4.78 is 0. The molecule has 0 bridgehead atoms. The molecule has 4 heterocycles. The van der Waals surface area contributed by atoms with E-state index in [1.807, 2.05) is 0 Å². The van der Waals surface area contributed by atoms with Gasteiger partial charge < -0.3 is 15.1 Å². The van der Waals surface area contributed by atoms with Crippen LogP contribution in [0.1, 0.15) is 23.2 Å². The van der Waals surface area contributed by atoms with Crippen LogP contribution in [-0.2, 0) is 14.4 Å². The molecule has 4 aliphatic rings. The van der Waals surface area contributed by atoms with E-state index in [2.05, 4.69) is 20.2 Å². The molecule has 1 unspecified atom stereocenters. The Morgan fingerprint density at radius 3 is 2.67 bits per heavy atom. The molecule has 1 aliphatic carbocycles. The van der Waals surface area contributed by atoms with Gasteiger partial charge in [0.2, 0.25) is 5.95 Å². The van der Waals surface area contributed by atoms with Gasteiger partial charge in [-0.2, -0.15) is 4.98 Å². The first kappa shape index (κ1) is 18.5. The lowest BCUT2D eigenvalue weighted by molar-refractivity contribution is -0.136. The van der Waals surface area contributed by atoms with Crippen molar-refractivity contribution < 1.29 is 19.2 Å². The number of nitrogens with one attached hydrogen (secondary N) is 1. The van der Waals surface area contributed by atoms with E-state index in [-0.39, 0.29) is 23.1 Å². The molecule has 1 saturated heterocycles. The summed E-state index contributed by atoms with van der Waals surface area (Å²) in [6.07, 6.45) is 6.31. The molecule has 30 heavy (non-hydrogen) atoms. The zero-order valence-corrected chi connectivity index (χ0v) is 16.6. The highest BCUT2D eigenvalue weighted by Crippen LogP contribution is 2.35. The van der Waals surface area contributed by atoms with Gasteiger partial charge in [-0.3, -0.25) is 24.1 Å². The van der Waals surface area contributed by atoms with Crippen molar-refractivity contribution in [1.82, 2.24) is 19.8 Å². The first-order valence-electron chi connectivity index (χ1n) is 9.84. The highest BCUT2D eigenvalue weighted by Gasteiger charge is 2.47. The highest BCUT2D eigenvalue weighted by molar-refractivity contribution is 6.35. The molecule has 10 nitrogen and oxygen atoms in total. The quantitative estimate of drug-likeness (QED) is 0.526. The number of imide groups is 1. The molecule has 10 heteroatoms. The van der Waals surface area contributed by atoms with Crippen molar-refractivity contribution in [3.63, 3.8) is 0 Å². The molecule has 5 rings (SSSR count). The topological polar surface area (TPSA) is 116 Å². The maximum absolute atomic E-state index is 13.4. The molecule has 1 N–H and O–H groups in total. The lowest BCUT2D eigenvalue weighted by atomic mass is 9.92. The van der Waals surface area contributed by atoms with Crippen molar-refractivity contribution in [3.8, 4) is 0 Å². The largest absolute Gasteiger partial charge is 0.357 e. The number of rotatable bonds is 2. The molecule has 1 aromatic rings. The van der Waals surface area contributed by atoms with Crippen LogP contribution in [0.3, 0.4) is 0 Å². The lowest BCUT2D eigenvalue weighted by Gasteiger charge is -2.31. The summed E-state index contributed by atoms with van der Waals surface area (Å²) in [5.74, 6) is -1.03. The van der Waals surface area contributed by atoms with Gasteiger partial charge in [-0.25, -0.2) is 4.98 Å². The number of likely N-dealkylation sites (N-methyl/N-ethyl adjacent to an activating group) is 1. The Balaban J connectivity index is 1.56. The van der Waals surface area contributed by atoms with Crippen molar-refractivity contribution in [2.75, 3.05) is 37.4 Å². The number of carbonyl (C=O) groups is 4. The zero-order chi connectivity index (χ0) is 21.2. The molecule has 0 radical (unpaired) electrons. The molecular weight excluding hydrogens is 388 g/mol. The van der Waals surface area contributed by atoms with Crippen LogP contribution in [0.2, 0.25) is 0 Å². The minimum absolute atomic E-state index is 0.00923. The van der Waals surface area contributed by atoms with E-state index < -0.39 is 23.6 Å². The van der Waals surface area contributed by atoms with Crippen molar-refractivity contribution in [3.05, 3.63) is 35.1 Å². The van der Waals surface area contributed by atoms with Crippen LogP contribution in [0.5, 0.6) is 0 Å². The van der Waals surface area contributed by atoms with E-state index in [0.717, 1.165) is 24.3 Å². The lowest BCUT2D eigenvalue weighted by Crippen LogP contribution is -2.49. The molecule has 3 aliphatic heterocycles. The second-order valence-electron chi connectivity index (χ2n) is 7.75. The molecule has 3 amide bonds. The van der Waals surface area contributed by atoms with Crippen molar-refractivity contribution in [2.45, 2.75) is 24.9 Å². The fraction of sp³-hybridized carbons (Fsp3) is 0.400. The molecule has 1 aromatic heterocycles. The number of carbonyl (C=O) groups excluding carboxylic acids is 4. The molecule has 2 atom stereocenters. The molecule has 0 saturated carbocycles. The Morgan fingerprint density at radius 1 is 1.10 bits per heavy atom. The summed E-state index contributed by atoms with van der Waals surface area (Å²) in [5, 5.41) is 2.89. The fourth-order valence-electron chi connectivity index (χ4n) is 4.60. The number of anilines is 2. The van der Waals surface area contributed by atoms with Gasteiger partial charge in [-0.15, -0.1) is 0 Å². The van der Waals surface area contributed by atoms with E-state index >= 15 is 0 Å². The van der Waals surface area contributed by atoms with Crippen LogP contribution in [0.25, 0.3) is 0 Å². The van der Waals surface area contributed by atoms with E-state index in [4.69, 9.17) is 0 Å². The third kappa shape index (κ3) is 2.42. The summed E-state index contributed by atoms with van der Waals surface area (Å²) in [6, 6.07) is -0.938. The predicted molar refractivity (Wildman–Crippen MR) is 106 cm³/mol. The smallest absolute Gasteiger partial charge is 0.265 e. The van der Waals surface area contributed by atoms with Crippen LogP contribution >= 0.6 is 0 Å². The number of Topliss-reactive ketones (excluding diaryl/α,β-unsaturated/α-hetero) is 1. The highest BCUT2D eigenvalue weighted by atomic mass is 16.2. The van der Waals surface area contributed by atoms with Crippen LogP contribution in [0, 0.1) is 0 Å². The van der Waals surface area contributed by atoms with Gasteiger partial charge in [0.1, 0.15) is 17.4 Å². The van der Waals surface area contributed by atoms with E-state index in [1.165, 1.54) is 30.3 Å². The van der Waals surface area contributed by atoms with Gasteiger partial charge >= 0.3 is 0 Å². The standard InChI is InChI=1S/C20H20N6O4/c1-21-20-22-8-12-16(23-20)25-7-3-4-10(25)9-26(18(12)29)13-6-5-11-14(15(13)27)19(30)24(2)17(11)28/h5-6,8,10,13H,3-4,7,9H2,1-2H3,(H,21,22,23)/t10?,13-/m0/s1. The average molecular weight is 408 g/mol. The van der Waals surface area contributed by atoms with Gasteiger partial charge in [0, 0.05) is 39.4 Å². The summed E-state index contributed by atoms with van der Waals surface area (Å²) in [6.45, 7) is 1.09. The molecular formula is C20H20N6O4. The normalized spacial score (nSPS) is 25.6. The van der Waals surface area contributed by atoms with Gasteiger partial charge in [-0.05, 0) is 18.9 Å². The third-order valence-corrected chi connectivity index (χ3v) is 6.16. The Hall–Kier alpha value is -3.56. The maximum Gasteiger partial charge on any atom is 0.265 e. The minimum Gasteiger partial charge on any atom is -0.357 e. The maximum atomic E-state index is 13.4. The van der Waals surface area contributed by atoms with Gasteiger partial charge in [0.25, 0.3) is 17.7 Å². The summed E-state index contributed by atoms with van der Waals surface area (Å²) >= 11 is 0. The molecule has 0 spiro atoms. The monoisotopic (exact) mass is 408 g/mol. The van der Waals surface area contributed by atoms with E-state index in [0.29, 0.717) is 23.9 Å². The second-order valence-corrected chi connectivity index (χ2v) is 7.75. The first-order chi connectivity index (χ1) is 14.4. The zero-order valence-electron chi connectivity index (χ0n) is 16.6. The van der Waals surface area contributed by atoms with Crippen molar-refractivity contribution in [2.24, 2.45) is 0 Å². The number of ketones is 1. The predicted octanol–water partition coefficient (Wildman–Crippen LogP) is -0.254. The molecule has 154 valence electrons. The van der Waals surface area contributed by atoms with Crippen molar-refractivity contribution >= 4 is 35.3 Å². The van der Waals surface area contributed by atoms with E-state index in [1.54, 1.807) is 7.05 Å². The Bertz CT molecular complexity index is 1080. The van der Waals surface area contributed by atoms with Gasteiger partial charge in [0.05, 0.1) is 11.1 Å². The van der Waals surface area contributed by atoms with E-state index in [9.17, 15) is 19.2 Å². The van der Waals surface area contributed by atoms with Crippen LogP contribution < -0.4 is 10.2 Å². The first-order valence-corrected chi connectivity index (χ1v) is 9.84. The van der Waals surface area contributed by atoms with Crippen LogP contribution in [0.4, 0.5) is 11.8 Å². The number of amides is 3. The summed E-state index contributed by atoms with van der Waals surface area (Å²) in [4.78, 5) is 64.5.